The lowest BCUT2D eigenvalue weighted by molar-refractivity contribution is 0.310. The molecule has 0 aliphatic rings. The van der Waals surface area contributed by atoms with E-state index in [1.807, 2.05) is 25.1 Å². The molecule has 0 fully saturated rings. The zero-order valence-corrected chi connectivity index (χ0v) is 17.7. The largest absolute Gasteiger partial charge is 0.493 e. The summed E-state index contributed by atoms with van der Waals surface area (Å²) in [4.78, 5) is 4.57. The van der Waals surface area contributed by atoms with Crippen molar-refractivity contribution in [2.24, 2.45) is 5.73 Å². The second kappa shape index (κ2) is 9.36. The van der Waals surface area contributed by atoms with Crippen LogP contribution in [0.25, 0.3) is 11.4 Å². The summed E-state index contributed by atoms with van der Waals surface area (Å²) in [5, 5.41) is 7.22. The summed E-state index contributed by atoms with van der Waals surface area (Å²) in [7, 11) is 6.26. The van der Waals surface area contributed by atoms with Crippen LogP contribution in [0.3, 0.4) is 0 Å². The highest BCUT2D eigenvalue weighted by Gasteiger charge is 2.20. The van der Waals surface area contributed by atoms with Crippen molar-refractivity contribution in [2.45, 2.75) is 13.0 Å². The third kappa shape index (κ3) is 4.11. The topological polar surface area (TPSA) is 114 Å². The standard InChI is InChI=1S/C21H26N4O5/c1-6-30-15-9-12(7-8-14(15)26-2)18(22)21-23-20(24-25-21)13-10-16(27-3)19(29-5)17(11-13)28-4/h7-11,18H,6,22H2,1-5H3,(H,23,24,25)/t18-/m0/s1. The lowest BCUT2D eigenvalue weighted by atomic mass is 10.1. The number of benzene rings is 2. The predicted molar refractivity (Wildman–Crippen MR) is 112 cm³/mol. The fraction of sp³-hybridized carbons (Fsp3) is 0.333. The first-order valence-corrected chi connectivity index (χ1v) is 9.35. The molecule has 1 atom stereocenters. The van der Waals surface area contributed by atoms with Gasteiger partial charge in [0.1, 0.15) is 5.82 Å². The van der Waals surface area contributed by atoms with Crippen molar-refractivity contribution in [1.29, 1.82) is 0 Å². The molecule has 160 valence electrons. The number of hydrogen-bond donors (Lipinski definition) is 2. The number of nitrogens with zero attached hydrogens (tertiary/aromatic N) is 2. The highest BCUT2D eigenvalue weighted by molar-refractivity contribution is 5.66. The van der Waals surface area contributed by atoms with Crippen molar-refractivity contribution in [2.75, 3.05) is 35.0 Å². The van der Waals surface area contributed by atoms with E-state index in [1.54, 1.807) is 40.6 Å². The zero-order valence-electron chi connectivity index (χ0n) is 17.7. The molecule has 0 aliphatic heterocycles. The van der Waals surface area contributed by atoms with Crippen LogP contribution in [-0.4, -0.2) is 50.2 Å². The molecule has 0 saturated heterocycles. The fourth-order valence-electron chi connectivity index (χ4n) is 3.07. The molecule has 1 aromatic heterocycles. The minimum atomic E-state index is -0.529. The summed E-state index contributed by atoms with van der Waals surface area (Å²) in [6, 6.07) is 8.55. The van der Waals surface area contributed by atoms with Crippen LogP contribution in [0.4, 0.5) is 0 Å². The smallest absolute Gasteiger partial charge is 0.203 e. The van der Waals surface area contributed by atoms with Gasteiger partial charge in [-0.25, -0.2) is 4.98 Å². The Balaban J connectivity index is 1.94. The monoisotopic (exact) mass is 414 g/mol. The van der Waals surface area contributed by atoms with Crippen LogP contribution in [0, 0.1) is 0 Å². The van der Waals surface area contributed by atoms with Crippen molar-refractivity contribution in [3.63, 3.8) is 0 Å². The molecule has 9 heteroatoms. The molecule has 9 nitrogen and oxygen atoms in total. The summed E-state index contributed by atoms with van der Waals surface area (Å²) < 4.78 is 27.1. The summed E-state index contributed by atoms with van der Waals surface area (Å²) >= 11 is 0. The van der Waals surface area contributed by atoms with Crippen molar-refractivity contribution < 1.29 is 23.7 Å². The van der Waals surface area contributed by atoms with Gasteiger partial charge in [-0.1, -0.05) is 6.07 Å². The Hall–Kier alpha value is -3.46. The first-order chi connectivity index (χ1) is 14.6. The number of hydrogen-bond acceptors (Lipinski definition) is 8. The zero-order chi connectivity index (χ0) is 21.7. The normalized spacial score (nSPS) is 11.7. The van der Waals surface area contributed by atoms with E-state index >= 15 is 0 Å². The molecule has 0 radical (unpaired) electrons. The highest BCUT2D eigenvalue weighted by Crippen LogP contribution is 2.40. The van der Waals surface area contributed by atoms with Gasteiger partial charge in [0.2, 0.25) is 5.75 Å². The molecule has 0 amide bonds. The maximum absolute atomic E-state index is 6.42. The Morgan fingerprint density at radius 1 is 0.900 bits per heavy atom. The third-order valence-corrected chi connectivity index (χ3v) is 4.57. The first-order valence-electron chi connectivity index (χ1n) is 9.35. The van der Waals surface area contributed by atoms with Crippen LogP contribution in [-0.2, 0) is 0 Å². The molecule has 3 rings (SSSR count). The average molecular weight is 414 g/mol. The second-order valence-corrected chi connectivity index (χ2v) is 6.28. The quantitative estimate of drug-likeness (QED) is 0.549. The number of aromatic amines is 1. The van der Waals surface area contributed by atoms with Gasteiger partial charge in [-0.3, -0.25) is 5.10 Å². The van der Waals surface area contributed by atoms with Crippen LogP contribution in [0.2, 0.25) is 0 Å². The van der Waals surface area contributed by atoms with Crippen LogP contribution >= 0.6 is 0 Å². The van der Waals surface area contributed by atoms with Crippen molar-refractivity contribution in [1.82, 2.24) is 15.2 Å². The van der Waals surface area contributed by atoms with Gasteiger partial charge in [0, 0.05) is 5.56 Å². The second-order valence-electron chi connectivity index (χ2n) is 6.28. The van der Waals surface area contributed by atoms with Gasteiger partial charge < -0.3 is 29.4 Å². The van der Waals surface area contributed by atoms with Crippen molar-refractivity contribution in [3.8, 4) is 40.1 Å². The van der Waals surface area contributed by atoms with Gasteiger partial charge in [0.15, 0.2) is 28.8 Å². The lowest BCUT2D eigenvalue weighted by Gasteiger charge is -2.14. The molecule has 2 aromatic carbocycles. The lowest BCUT2D eigenvalue weighted by Crippen LogP contribution is -2.14. The number of rotatable bonds is 9. The Morgan fingerprint density at radius 3 is 2.13 bits per heavy atom. The molecule has 30 heavy (non-hydrogen) atoms. The number of ether oxygens (including phenoxy) is 5. The van der Waals surface area contributed by atoms with Gasteiger partial charge in [-0.05, 0) is 36.8 Å². The summed E-state index contributed by atoms with van der Waals surface area (Å²) in [6.45, 7) is 2.43. The van der Waals surface area contributed by atoms with Gasteiger partial charge >= 0.3 is 0 Å². The van der Waals surface area contributed by atoms with Crippen LogP contribution < -0.4 is 29.4 Å². The number of nitrogens with two attached hydrogens (primary N) is 1. The van der Waals surface area contributed by atoms with E-state index in [4.69, 9.17) is 29.4 Å². The molecule has 1 heterocycles. The van der Waals surface area contributed by atoms with Gasteiger partial charge in [0.05, 0.1) is 41.1 Å². The Morgan fingerprint density at radius 2 is 1.57 bits per heavy atom. The van der Waals surface area contributed by atoms with E-state index in [9.17, 15) is 0 Å². The third-order valence-electron chi connectivity index (χ3n) is 4.57. The van der Waals surface area contributed by atoms with E-state index < -0.39 is 6.04 Å². The SMILES string of the molecule is CCOc1cc([C@H](N)c2nc(-c3cc(OC)c(OC)c(OC)c3)n[nH]2)ccc1OC. The Bertz CT molecular complexity index is 980. The van der Waals surface area contributed by atoms with Gasteiger partial charge in [-0.15, -0.1) is 0 Å². The van der Waals surface area contributed by atoms with Crippen LogP contribution in [0.15, 0.2) is 30.3 Å². The summed E-state index contributed by atoms with van der Waals surface area (Å²) in [5.41, 5.74) is 7.93. The molecule has 0 unspecified atom stereocenters. The average Bonchev–Trinajstić information content (AvgIpc) is 3.28. The van der Waals surface area contributed by atoms with E-state index in [1.165, 1.54) is 0 Å². The van der Waals surface area contributed by atoms with E-state index in [0.29, 0.717) is 52.6 Å². The van der Waals surface area contributed by atoms with Crippen molar-refractivity contribution in [3.05, 3.63) is 41.7 Å². The maximum Gasteiger partial charge on any atom is 0.203 e. The number of aromatic nitrogens is 3. The van der Waals surface area contributed by atoms with Crippen LogP contribution in [0.1, 0.15) is 24.4 Å². The molecule has 0 spiro atoms. The molecular formula is C21H26N4O5. The minimum absolute atomic E-state index is 0.457. The highest BCUT2D eigenvalue weighted by atomic mass is 16.5. The Kier molecular flexibility index (Phi) is 6.63. The minimum Gasteiger partial charge on any atom is -0.493 e. The van der Waals surface area contributed by atoms with E-state index in [0.717, 1.165) is 5.56 Å². The molecule has 0 aliphatic carbocycles. The van der Waals surface area contributed by atoms with Gasteiger partial charge in [-0.2, -0.15) is 5.10 Å². The van der Waals surface area contributed by atoms with Crippen molar-refractivity contribution >= 4 is 0 Å². The number of H-pyrrole nitrogens is 1. The first kappa shape index (κ1) is 21.3. The molecule has 0 saturated carbocycles. The molecule has 3 N–H and O–H groups in total. The summed E-state index contributed by atoms with van der Waals surface area (Å²) in [5.74, 6) is 3.75. The van der Waals surface area contributed by atoms with Crippen LogP contribution in [0.5, 0.6) is 28.7 Å². The Labute approximate surface area is 175 Å². The fourth-order valence-corrected chi connectivity index (χ4v) is 3.07. The van der Waals surface area contributed by atoms with Gasteiger partial charge in [0.25, 0.3) is 0 Å². The molecule has 3 aromatic rings. The summed E-state index contributed by atoms with van der Waals surface area (Å²) in [6.07, 6.45) is 0. The predicted octanol–water partition coefficient (Wildman–Crippen LogP) is 2.95. The number of nitrogens with one attached hydrogen (secondary N) is 1. The van der Waals surface area contributed by atoms with E-state index in [-0.39, 0.29) is 0 Å². The number of methoxy groups -OCH3 is 4. The molecule has 0 bridgehead atoms. The molecular weight excluding hydrogens is 388 g/mol. The maximum atomic E-state index is 6.42. The van der Waals surface area contributed by atoms with E-state index in [2.05, 4.69) is 15.2 Å².